The van der Waals surface area contributed by atoms with Gasteiger partial charge in [0.2, 0.25) is 0 Å². The van der Waals surface area contributed by atoms with Crippen molar-refractivity contribution in [1.29, 1.82) is 0 Å². The Morgan fingerprint density at radius 2 is 1.81 bits per heavy atom. The van der Waals surface area contributed by atoms with Crippen molar-refractivity contribution in [3.8, 4) is 0 Å². The maximum absolute atomic E-state index is 6.04. The molecule has 110 valence electrons. The summed E-state index contributed by atoms with van der Waals surface area (Å²) in [5.74, 6) is 6.80. The molecule has 0 bridgehead atoms. The summed E-state index contributed by atoms with van der Waals surface area (Å²) in [6, 6.07) is 15.2. The lowest BCUT2D eigenvalue weighted by Crippen LogP contribution is -2.26. The van der Waals surface area contributed by atoms with E-state index in [1.54, 1.807) is 5.01 Å². The van der Waals surface area contributed by atoms with Crippen LogP contribution < -0.4 is 10.9 Å². The van der Waals surface area contributed by atoms with Crippen molar-refractivity contribution in [2.45, 2.75) is 38.5 Å². The summed E-state index contributed by atoms with van der Waals surface area (Å²) < 4.78 is 0. The van der Waals surface area contributed by atoms with Crippen molar-refractivity contribution in [3.05, 3.63) is 64.7 Å². The quantitative estimate of drug-likeness (QED) is 0.663. The van der Waals surface area contributed by atoms with Gasteiger partial charge in [-0.2, -0.15) is 0 Å². The van der Waals surface area contributed by atoms with E-state index in [2.05, 4.69) is 49.4 Å². The van der Waals surface area contributed by atoms with Gasteiger partial charge in [-0.1, -0.05) is 36.4 Å². The standard InChI is InChI=1S/C19H24N2/c1-14-6-3-4-7-15(14)12-13-18-17(16-10-11-16)8-5-9-19(18)21(2)20/h3-9,16H,10-13,20H2,1-2H3. The number of hydrogen-bond donors (Lipinski definition) is 1. The van der Waals surface area contributed by atoms with Crippen LogP contribution >= 0.6 is 0 Å². The van der Waals surface area contributed by atoms with E-state index >= 15 is 0 Å². The van der Waals surface area contributed by atoms with Crippen molar-refractivity contribution >= 4 is 5.69 Å². The van der Waals surface area contributed by atoms with Crippen LogP contribution in [0.15, 0.2) is 42.5 Å². The molecule has 3 rings (SSSR count). The molecule has 2 nitrogen and oxygen atoms in total. The highest BCUT2D eigenvalue weighted by molar-refractivity contribution is 5.57. The molecule has 2 N–H and O–H groups in total. The van der Waals surface area contributed by atoms with Crippen LogP contribution in [0, 0.1) is 6.92 Å². The zero-order chi connectivity index (χ0) is 14.8. The average Bonchev–Trinajstić information content (AvgIpc) is 3.30. The van der Waals surface area contributed by atoms with E-state index in [0.29, 0.717) is 0 Å². The largest absolute Gasteiger partial charge is 0.314 e. The molecule has 0 aromatic heterocycles. The molecule has 1 fully saturated rings. The van der Waals surface area contributed by atoms with E-state index in [9.17, 15) is 0 Å². The number of hydrazine groups is 1. The minimum atomic E-state index is 0.761. The Hall–Kier alpha value is -1.80. The Morgan fingerprint density at radius 3 is 2.48 bits per heavy atom. The molecule has 1 saturated carbocycles. The van der Waals surface area contributed by atoms with Gasteiger partial charge in [-0.05, 0) is 66.8 Å². The number of anilines is 1. The molecule has 2 aromatic carbocycles. The smallest absolute Gasteiger partial charge is 0.0548 e. The van der Waals surface area contributed by atoms with Gasteiger partial charge < -0.3 is 5.01 Å². The first kappa shape index (κ1) is 14.2. The van der Waals surface area contributed by atoms with Crippen molar-refractivity contribution in [1.82, 2.24) is 0 Å². The van der Waals surface area contributed by atoms with Crippen molar-refractivity contribution in [2.24, 2.45) is 5.84 Å². The van der Waals surface area contributed by atoms with E-state index in [1.807, 2.05) is 7.05 Å². The van der Waals surface area contributed by atoms with Gasteiger partial charge in [-0.25, -0.2) is 5.84 Å². The van der Waals surface area contributed by atoms with E-state index in [0.717, 1.165) is 18.8 Å². The van der Waals surface area contributed by atoms with Crippen LogP contribution in [0.4, 0.5) is 5.69 Å². The predicted molar refractivity (Wildman–Crippen MR) is 89.6 cm³/mol. The SMILES string of the molecule is Cc1ccccc1CCc1c(C2CC2)cccc1N(C)N. The van der Waals surface area contributed by atoms with Crippen molar-refractivity contribution in [2.75, 3.05) is 12.1 Å². The van der Waals surface area contributed by atoms with Crippen LogP contribution in [0.3, 0.4) is 0 Å². The third-order valence-corrected chi connectivity index (χ3v) is 4.49. The van der Waals surface area contributed by atoms with Crippen LogP contribution in [0.25, 0.3) is 0 Å². The first-order valence-electron chi connectivity index (χ1n) is 7.81. The predicted octanol–water partition coefficient (Wildman–Crippen LogP) is 3.97. The van der Waals surface area contributed by atoms with E-state index < -0.39 is 0 Å². The fraction of sp³-hybridized carbons (Fsp3) is 0.368. The van der Waals surface area contributed by atoms with Gasteiger partial charge in [-0.15, -0.1) is 0 Å². The van der Waals surface area contributed by atoms with Gasteiger partial charge in [0.05, 0.1) is 5.69 Å². The van der Waals surface area contributed by atoms with Crippen LogP contribution in [-0.4, -0.2) is 7.05 Å². The number of aryl methyl sites for hydroxylation is 2. The highest BCUT2D eigenvalue weighted by atomic mass is 15.4. The molecule has 2 heteroatoms. The summed E-state index contributed by atoms with van der Waals surface area (Å²) in [5.41, 5.74) is 6.94. The number of nitrogens with two attached hydrogens (primary N) is 1. The summed E-state index contributed by atoms with van der Waals surface area (Å²) in [5, 5.41) is 1.76. The maximum atomic E-state index is 6.04. The fourth-order valence-electron chi connectivity index (χ4n) is 3.12. The lowest BCUT2D eigenvalue weighted by molar-refractivity contribution is 0.896. The van der Waals surface area contributed by atoms with Crippen molar-refractivity contribution < 1.29 is 0 Å². The topological polar surface area (TPSA) is 29.3 Å². The Kier molecular flexibility index (Phi) is 3.98. The van der Waals surface area contributed by atoms with Gasteiger partial charge in [0.25, 0.3) is 0 Å². The van der Waals surface area contributed by atoms with Gasteiger partial charge >= 0.3 is 0 Å². The molecular formula is C19H24N2. The molecule has 0 spiro atoms. The van der Waals surface area contributed by atoms with Crippen molar-refractivity contribution in [3.63, 3.8) is 0 Å². The molecule has 0 aliphatic heterocycles. The molecule has 0 heterocycles. The average molecular weight is 280 g/mol. The molecule has 2 aromatic rings. The Balaban J connectivity index is 1.88. The normalized spacial score (nSPS) is 14.2. The monoisotopic (exact) mass is 280 g/mol. The second-order valence-electron chi connectivity index (χ2n) is 6.16. The summed E-state index contributed by atoms with van der Waals surface area (Å²) >= 11 is 0. The minimum Gasteiger partial charge on any atom is -0.314 e. The number of benzene rings is 2. The third kappa shape index (κ3) is 3.11. The second-order valence-corrected chi connectivity index (χ2v) is 6.16. The molecule has 21 heavy (non-hydrogen) atoms. The third-order valence-electron chi connectivity index (χ3n) is 4.49. The Labute approximate surface area is 127 Å². The van der Waals surface area contributed by atoms with Crippen LogP contribution in [-0.2, 0) is 12.8 Å². The van der Waals surface area contributed by atoms with E-state index in [-0.39, 0.29) is 0 Å². The Bertz CT molecular complexity index is 607. The summed E-state index contributed by atoms with van der Waals surface area (Å²) in [4.78, 5) is 0. The van der Waals surface area contributed by atoms with Crippen LogP contribution in [0.1, 0.15) is 41.0 Å². The zero-order valence-electron chi connectivity index (χ0n) is 13.0. The minimum absolute atomic E-state index is 0.761. The molecule has 0 unspecified atom stereocenters. The van der Waals surface area contributed by atoms with Gasteiger partial charge in [0.1, 0.15) is 0 Å². The first-order chi connectivity index (χ1) is 10.2. The summed E-state index contributed by atoms with van der Waals surface area (Å²) in [6.07, 6.45) is 4.80. The lowest BCUT2D eigenvalue weighted by Gasteiger charge is -2.20. The molecule has 1 aliphatic carbocycles. The molecule has 0 saturated heterocycles. The number of nitrogens with zero attached hydrogens (tertiary/aromatic N) is 1. The first-order valence-corrected chi connectivity index (χ1v) is 7.81. The van der Waals surface area contributed by atoms with Crippen LogP contribution in [0.5, 0.6) is 0 Å². The molecule has 1 aliphatic rings. The second kappa shape index (κ2) is 5.90. The molecule has 0 atom stereocenters. The van der Waals surface area contributed by atoms with Gasteiger partial charge in [-0.3, -0.25) is 0 Å². The van der Waals surface area contributed by atoms with E-state index in [1.165, 1.54) is 40.8 Å². The van der Waals surface area contributed by atoms with Crippen LogP contribution in [0.2, 0.25) is 0 Å². The maximum Gasteiger partial charge on any atom is 0.0548 e. The number of rotatable bonds is 5. The molecule has 0 radical (unpaired) electrons. The fourth-order valence-corrected chi connectivity index (χ4v) is 3.12. The van der Waals surface area contributed by atoms with Gasteiger partial charge in [0.15, 0.2) is 0 Å². The zero-order valence-corrected chi connectivity index (χ0v) is 13.0. The molecule has 0 amide bonds. The van der Waals surface area contributed by atoms with Gasteiger partial charge in [0, 0.05) is 7.05 Å². The summed E-state index contributed by atoms with van der Waals surface area (Å²) in [7, 11) is 1.93. The Morgan fingerprint density at radius 1 is 1.05 bits per heavy atom. The van der Waals surface area contributed by atoms with E-state index in [4.69, 9.17) is 5.84 Å². The summed E-state index contributed by atoms with van der Waals surface area (Å²) in [6.45, 7) is 2.19. The molecular weight excluding hydrogens is 256 g/mol. The number of hydrogen-bond acceptors (Lipinski definition) is 2. The highest BCUT2D eigenvalue weighted by Crippen LogP contribution is 2.43. The highest BCUT2D eigenvalue weighted by Gasteiger charge is 2.27. The lowest BCUT2D eigenvalue weighted by atomic mass is 9.94.